The van der Waals surface area contributed by atoms with Crippen LogP contribution in [-0.4, -0.2) is 24.5 Å². The van der Waals surface area contributed by atoms with E-state index in [0.29, 0.717) is 0 Å². The third kappa shape index (κ3) is 3.15. The Kier molecular flexibility index (Phi) is 4.68. The van der Waals surface area contributed by atoms with E-state index >= 15 is 0 Å². The quantitative estimate of drug-likeness (QED) is 0.617. The Morgan fingerprint density at radius 2 is 2.36 bits per heavy atom. The normalized spacial score (nSPS) is 24.7. The van der Waals surface area contributed by atoms with Gasteiger partial charge in [0.05, 0.1) is 0 Å². The summed E-state index contributed by atoms with van der Waals surface area (Å²) in [4.78, 5) is 2.46. The molecule has 0 aliphatic carbocycles. The van der Waals surface area contributed by atoms with Gasteiger partial charge in [-0.1, -0.05) is 36.5 Å². The van der Waals surface area contributed by atoms with Crippen LogP contribution in [0.15, 0.2) is 36.5 Å². The molecule has 78 valence electrons. The van der Waals surface area contributed by atoms with Gasteiger partial charge in [0.15, 0.2) is 0 Å². The molecule has 1 saturated heterocycles. The third-order valence-corrected chi connectivity index (χ3v) is 2.96. The average molecular weight is 191 g/mol. The van der Waals surface area contributed by atoms with Gasteiger partial charge in [-0.3, -0.25) is 0 Å². The Morgan fingerprint density at radius 1 is 1.57 bits per heavy atom. The standard InChI is InChI=1S/C13H21N/c1-4-6-8-12(5-2)11-13-9-7-10-14(13)3/h4-6,8,13H,1,7,9-11H2,2-3H3/b8-6-,12-5+/t13-/m0/s1. The lowest BCUT2D eigenvalue weighted by molar-refractivity contribution is 0.310. The molecule has 0 aromatic carbocycles. The van der Waals surface area contributed by atoms with Gasteiger partial charge in [0, 0.05) is 6.04 Å². The second-order valence-corrected chi connectivity index (χ2v) is 3.94. The largest absolute Gasteiger partial charge is 0.303 e. The van der Waals surface area contributed by atoms with Crippen molar-refractivity contribution in [1.82, 2.24) is 4.90 Å². The monoisotopic (exact) mass is 191 g/mol. The van der Waals surface area contributed by atoms with Crippen LogP contribution < -0.4 is 0 Å². The van der Waals surface area contributed by atoms with E-state index in [0.717, 1.165) is 6.04 Å². The molecule has 1 nitrogen and oxygen atoms in total. The minimum absolute atomic E-state index is 0.746. The molecule has 1 heterocycles. The van der Waals surface area contributed by atoms with Crippen LogP contribution in [0, 0.1) is 0 Å². The van der Waals surface area contributed by atoms with Crippen LogP contribution in [-0.2, 0) is 0 Å². The highest BCUT2D eigenvalue weighted by Gasteiger charge is 2.20. The lowest BCUT2D eigenvalue weighted by Crippen LogP contribution is -2.24. The predicted octanol–water partition coefficient (Wildman–Crippen LogP) is 3.16. The van der Waals surface area contributed by atoms with Gasteiger partial charge >= 0.3 is 0 Å². The van der Waals surface area contributed by atoms with Crippen molar-refractivity contribution in [3.8, 4) is 0 Å². The average Bonchev–Trinajstić information content (AvgIpc) is 2.59. The first-order chi connectivity index (χ1) is 6.77. The highest BCUT2D eigenvalue weighted by molar-refractivity contribution is 5.22. The van der Waals surface area contributed by atoms with Gasteiger partial charge in [0.2, 0.25) is 0 Å². The molecule has 1 fully saturated rings. The maximum absolute atomic E-state index is 3.69. The summed E-state index contributed by atoms with van der Waals surface area (Å²) in [6, 6.07) is 0.746. The Bertz CT molecular complexity index is 238. The zero-order valence-corrected chi connectivity index (χ0v) is 9.37. The van der Waals surface area contributed by atoms with Crippen molar-refractivity contribution in [2.75, 3.05) is 13.6 Å². The third-order valence-electron chi connectivity index (χ3n) is 2.96. The second-order valence-electron chi connectivity index (χ2n) is 3.94. The van der Waals surface area contributed by atoms with E-state index in [2.05, 4.69) is 37.6 Å². The van der Waals surface area contributed by atoms with Crippen LogP contribution in [0.5, 0.6) is 0 Å². The van der Waals surface area contributed by atoms with Gasteiger partial charge < -0.3 is 4.90 Å². The highest BCUT2D eigenvalue weighted by atomic mass is 15.1. The molecule has 0 aromatic heterocycles. The molecule has 0 radical (unpaired) electrons. The van der Waals surface area contributed by atoms with E-state index < -0.39 is 0 Å². The number of likely N-dealkylation sites (tertiary alicyclic amines) is 1. The summed E-state index contributed by atoms with van der Waals surface area (Å²) in [6.45, 7) is 7.05. The van der Waals surface area contributed by atoms with Crippen LogP contribution >= 0.6 is 0 Å². The van der Waals surface area contributed by atoms with E-state index in [1.54, 1.807) is 0 Å². The molecule has 1 rings (SSSR count). The van der Waals surface area contributed by atoms with Crippen LogP contribution in [0.4, 0.5) is 0 Å². The summed E-state index contributed by atoms with van der Waals surface area (Å²) in [5.74, 6) is 0. The molecular weight excluding hydrogens is 170 g/mol. The van der Waals surface area contributed by atoms with Gasteiger partial charge in [-0.15, -0.1) is 0 Å². The fraction of sp³-hybridized carbons (Fsp3) is 0.538. The molecule has 1 atom stereocenters. The molecule has 14 heavy (non-hydrogen) atoms. The molecule has 0 amide bonds. The molecule has 0 bridgehead atoms. The van der Waals surface area contributed by atoms with Crippen LogP contribution in [0.25, 0.3) is 0 Å². The molecule has 1 aliphatic heterocycles. The topological polar surface area (TPSA) is 3.24 Å². The van der Waals surface area contributed by atoms with Gasteiger partial charge in [0.1, 0.15) is 0 Å². The SMILES string of the molecule is C=C/C=C\C(=C/C)C[C@@H]1CCCN1C. The van der Waals surface area contributed by atoms with Crippen LogP contribution in [0.3, 0.4) is 0 Å². The number of nitrogens with zero attached hydrogens (tertiary/aromatic N) is 1. The van der Waals surface area contributed by atoms with Crippen LogP contribution in [0.2, 0.25) is 0 Å². The summed E-state index contributed by atoms with van der Waals surface area (Å²) in [7, 11) is 2.22. The lowest BCUT2D eigenvalue weighted by atomic mass is 10.0. The molecule has 1 aliphatic rings. The molecule has 0 aromatic rings. The van der Waals surface area contributed by atoms with Crippen molar-refractivity contribution in [1.29, 1.82) is 0 Å². The zero-order valence-electron chi connectivity index (χ0n) is 9.37. The van der Waals surface area contributed by atoms with Crippen molar-refractivity contribution < 1.29 is 0 Å². The number of rotatable bonds is 4. The Balaban J connectivity index is 2.48. The fourth-order valence-corrected chi connectivity index (χ4v) is 1.98. The summed E-state index contributed by atoms with van der Waals surface area (Å²) in [5, 5.41) is 0. The minimum atomic E-state index is 0.746. The first-order valence-electron chi connectivity index (χ1n) is 5.42. The number of allylic oxidation sites excluding steroid dienone is 4. The van der Waals surface area contributed by atoms with Crippen molar-refractivity contribution in [3.63, 3.8) is 0 Å². The zero-order chi connectivity index (χ0) is 10.4. The molecule has 0 N–H and O–H groups in total. The maximum Gasteiger partial charge on any atom is 0.0133 e. The van der Waals surface area contributed by atoms with Gasteiger partial charge in [-0.05, 0) is 39.8 Å². The second kappa shape index (κ2) is 5.82. The first kappa shape index (κ1) is 11.3. The Morgan fingerprint density at radius 3 is 2.86 bits per heavy atom. The Labute approximate surface area is 87.8 Å². The number of hydrogen-bond acceptors (Lipinski definition) is 1. The molecular formula is C13H21N. The van der Waals surface area contributed by atoms with E-state index in [4.69, 9.17) is 0 Å². The smallest absolute Gasteiger partial charge is 0.0133 e. The van der Waals surface area contributed by atoms with E-state index in [1.165, 1.54) is 31.4 Å². The van der Waals surface area contributed by atoms with E-state index in [1.807, 2.05) is 12.2 Å². The predicted molar refractivity (Wildman–Crippen MR) is 63.4 cm³/mol. The number of hydrogen-bond donors (Lipinski definition) is 0. The van der Waals surface area contributed by atoms with Gasteiger partial charge in [-0.2, -0.15) is 0 Å². The highest BCUT2D eigenvalue weighted by Crippen LogP contribution is 2.21. The molecule has 0 spiro atoms. The summed E-state index contributed by atoms with van der Waals surface area (Å²) < 4.78 is 0. The van der Waals surface area contributed by atoms with E-state index in [9.17, 15) is 0 Å². The minimum Gasteiger partial charge on any atom is -0.303 e. The molecule has 0 unspecified atom stereocenters. The van der Waals surface area contributed by atoms with Crippen molar-refractivity contribution in [3.05, 3.63) is 36.5 Å². The van der Waals surface area contributed by atoms with Gasteiger partial charge in [-0.25, -0.2) is 0 Å². The lowest BCUT2D eigenvalue weighted by Gasteiger charge is -2.19. The summed E-state index contributed by atoms with van der Waals surface area (Å²) >= 11 is 0. The van der Waals surface area contributed by atoms with E-state index in [-0.39, 0.29) is 0 Å². The Hall–Kier alpha value is -0.820. The summed E-state index contributed by atoms with van der Waals surface area (Å²) in [5.41, 5.74) is 1.42. The van der Waals surface area contributed by atoms with Crippen molar-refractivity contribution in [2.24, 2.45) is 0 Å². The fourth-order valence-electron chi connectivity index (χ4n) is 1.98. The van der Waals surface area contributed by atoms with Gasteiger partial charge in [0.25, 0.3) is 0 Å². The maximum atomic E-state index is 3.69. The van der Waals surface area contributed by atoms with Crippen LogP contribution in [0.1, 0.15) is 26.2 Å². The first-order valence-corrected chi connectivity index (χ1v) is 5.42. The van der Waals surface area contributed by atoms with Crippen molar-refractivity contribution in [2.45, 2.75) is 32.2 Å². The molecule has 1 heteroatoms. The molecule has 0 saturated carbocycles. The summed E-state index contributed by atoms with van der Waals surface area (Å²) in [6.07, 6.45) is 12.1. The van der Waals surface area contributed by atoms with Crippen molar-refractivity contribution >= 4 is 0 Å².